The van der Waals surface area contributed by atoms with Gasteiger partial charge in [-0.1, -0.05) is 30.3 Å². The summed E-state index contributed by atoms with van der Waals surface area (Å²) in [5.74, 6) is -0.0878. The lowest BCUT2D eigenvalue weighted by molar-refractivity contribution is -0.114. The Bertz CT molecular complexity index is 1070. The molecule has 0 fully saturated rings. The monoisotopic (exact) mass is 358 g/mol. The van der Waals surface area contributed by atoms with Gasteiger partial charge in [0, 0.05) is 42.2 Å². The largest absolute Gasteiger partial charge is 0.381 e. The summed E-state index contributed by atoms with van der Waals surface area (Å²) < 4.78 is 1.69. The SMILES string of the molecule is CC(=O)Nc1ccc(NCc2cc(-c3ccccc3)cn3nnnc23)cc1. The molecule has 2 aromatic carbocycles. The molecule has 0 aliphatic heterocycles. The Morgan fingerprint density at radius 2 is 1.74 bits per heavy atom. The second-order valence-electron chi connectivity index (χ2n) is 6.18. The van der Waals surface area contributed by atoms with Crippen LogP contribution >= 0.6 is 0 Å². The first-order valence-corrected chi connectivity index (χ1v) is 8.56. The normalized spacial score (nSPS) is 10.7. The Labute approximate surface area is 156 Å². The van der Waals surface area contributed by atoms with E-state index in [0.29, 0.717) is 6.54 Å². The average Bonchev–Trinajstić information content (AvgIpc) is 3.16. The standard InChI is InChI=1S/C20H18N6O/c1-14(27)22-19-9-7-18(8-10-19)21-12-16-11-17(15-5-3-2-4-6-15)13-26-20(16)23-24-25-26/h2-11,13,21H,12H2,1H3,(H,22,27). The van der Waals surface area contributed by atoms with Crippen molar-refractivity contribution in [2.45, 2.75) is 13.5 Å². The minimum atomic E-state index is -0.0878. The zero-order valence-electron chi connectivity index (χ0n) is 14.8. The van der Waals surface area contributed by atoms with Gasteiger partial charge in [0.1, 0.15) is 0 Å². The van der Waals surface area contributed by atoms with Gasteiger partial charge in [-0.3, -0.25) is 4.79 Å². The van der Waals surface area contributed by atoms with Crippen molar-refractivity contribution in [3.63, 3.8) is 0 Å². The van der Waals surface area contributed by atoms with Gasteiger partial charge in [-0.05, 0) is 46.3 Å². The highest BCUT2D eigenvalue weighted by Gasteiger charge is 2.09. The van der Waals surface area contributed by atoms with Gasteiger partial charge in [-0.15, -0.1) is 5.10 Å². The molecule has 1 amide bonds. The lowest BCUT2D eigenvalue weighted by Crippen LogP contribution is -2.06. The second kappa shape index (κ2) is 7.25. The Balaban J connectivity index is 1.58. The van der Waals surface area contributed by atoms with Gasteiger partial charge in [0.25, 0.3) is 0 Å². The van der Waals surface area contributed by atoms with Gasteiger partial charge in [0.15, 0.2) is 5.65 Å². The number of hydrogen-bond acceptors (Lipinski definition) is 5. The molecule has 134 valence electrons. The van der Waals surface area contributed by atoms with Crippen LogP contribution in [-0.4, -0.2) is 25.9 Å². The van der Waals surface area contributed by atoms with Crippen molar-refractivity contribution in [2.24, 2.45) is 0 Å². The smallest absolute Gasteiger partial charge is 0.221 e. The molecular weight excluding hydrogens is 340 g/mol. The van der Waals surface area contributed by atoms with Gasteiger partial charge in [0.2, 0.25) is 5.91 Å². The highest BCUT2D eigenvalue weighted by atomic mass is 16.1. The molecular formula is C20H18N6O. The van der Waals surface area contributed by atoms with Gasteiger partial charge >= 0.3 is 0 Å². The number of nitrogens with zero attached hydrogens (tertiary/aromatic N) is 4. The second-order valence-corrected chi connectivity index (χ2v) is 6.18. The van der Waals surface area contributed by atoms with E-state index in [4.69, 9.17) is 0 Å². The Hall–Kier alpha value is -3.74. The number of anilines is 2. The number of fused-ring (bicyclic) bond motifs is 1. The summed E-state index contributed by atoms with van der Waals surface area (Å²) in [4.78, 5) is 11.1. The van der Waals surface area contributed by atoms with Crippen molar-refractivity contribution in [3.05, 3.63) is 72.4 Å². The molecule has 0 atom stereocenters. The van der Waals surface area contributed by atoms with Crippen LogP contribution in [0.3, 0.4) is 0 Å². The summed E-state index contributed by atoms with van der Waals surface area (Å²) in [5.41, 5.74) is 5.58. The third-order valence-corrected chi connectivity index (χ3v) is 4.17. The average molecular weight is 358 g/mol. The van der Waals surface area contributed by atoms with E-state index in [1.165, 1.54) is 6.92 Å². The van der Waals surface area contributed by atoms with Crippen LogP contribution in [0.25, 0.3) is 16.8 Å². The third-order valence-electron chi connectivity index (χ3n) is 4.17. The minimum absolute atomic E-state index is 0.0878. The molecule has 4 rings (SSSR count). The van der Waals surface area contributed by atoms with Crippen LogP contribution in [-0.2, 0) is 11.3 Å². The van der Waals surface area contributed by atoms with Crippen LogP contribution in [0, 0.1) is 0 Å². The van der Waals surface area contributed by atoms with Crippen LogP contribution in [0.1, 0.15) is 12.5 Å². The van der Waals surface area contributed by atoms with Crippen LogP contribution in [0.4, 0.5) is 11.4 Å². The van der Waals surface area contributed by atoms with Crippen LogP contribution in [0.2, 0.25) is 0 Å². The predicted octanol–water partition coefficient (Wildman–Crippen LogP) is 3.36. The molecule has 4 aromatic rings. The number of nitrogens with one attached hydrogen (secondary N) is 2. The number of carbonyl (C=O) groups is 1. The Kier molecular flexibility index (Phi) is 4.49. The number of tetrazole rings is 1. The highest BCUT2D eigenvalue weighted by Crippen LogP contribution is 2.23. The summed E-state index contributed by atoms with van der Waals surface area (Å²) in [7, 11) is 0. The van der Waals surface area contributed by atoms with E-state index >= 15 is 0 Å². The maximum absolute atomic E-state index is 11.1. The molecule has 0 saturated carbocycles. The third kappa shape index (κ3) is 3.77. The molecule has 2 N–H and O–H groups in total. The fourth-order valence-corrected chi connectivity index (χ4v) is 2.90. The Morgan fingerprint density at radius 1 is 1.00 bits per heavy atom. The van der Waals surface area contributed by atoms with Crippen molar-refractivity contribution in [3.8, 4) is 11.1 Å². The van der Waals surface area contributed by atoms with Gasteiger partial charge in [0.05, 0.1) is 0 Å². The maximum Gasteiger partial charge on any atom is 0.221 e. The van der Waals surface area contributed by atoms with E-state index in [1.807, 2.05) is 48.7 Å². The fraction of sp³-hybridized carbons (Fsp3) is 0.100. The molecule has 7 nitrogen and oxygen atoms in total. The molecule has 2 aromatic heterocycles. The van der Waals surface area contributed by atoms with E-state index in [1.54, 1.807) is 4.52 Å². The summed E-state index contributed by atoms with van der Waals surface area (Å²) in [6, 6.07) is 19.8. The number of carbonyl (C=O) groups excluding carboxylic acids is 1. The first-order valence-electron chi connectivity index (χ1n) is 8.56. The zero-order chi connectivity index (χ0) is 18.6. The van der Waals surface area contributed by atoms with E-state index in [9.17, 15) is 4.79 Å². The van der Waals surface area contributed by atoms with Crippen molar-refractivity contribution in [1.82, 2.24) is 20.0 Å². The summed E-state index contributed by atoms with van der Waals surface area (Å²) >= 11 is 0. The van der Waals surface area contributed by atoms with Gasteiger partial charge < -0.3 is 10.6 Å². The quantitative estimate of drug-likeness (QED) is 0.571. The molecule has 7 heteroatoms. The molecule has 0 spiro atoms. The number of rotatable bonds is 5. The van der Waals surface area contributed by atoms with Crippen molar-refractivity contribution in [2.75, 3.05) is 10.6 Å². The van der Waals surface area contributed by atoms with Crippen LogP contribution in [0.5, 0.6) is 0 Å². The first-order chi connectivity index (χ1) is 13.2. The van der Waals surface area contributed by atoms with Gasteiger partial charge in [-0.2, -0.15) is 4.52 Å². The lowest BCUT2D eigenvalue weighted by atomic mass is 10.1. The number of hydrogen-bond donors (Lipinski definition) is 2. The first kappa shape index (κ1) is 16.7. The highest BCUT2D eigenvalue weighted by molar-refractivity contribution is 5.88. The summed E-state index contributed by atoms with van der Waals surface area (Å²) in [5, 5.41) is 18.1. The molecule has 27 heavy (non-hydrogen) atoms. The van der Waals surface area contributed by atoms with Crippen LogP contribution in [0.15, 0.2) is 66.9 Å². The van der Waals surface area contributed by atoms with Crippen molar-refractivity contribution >= 4 is 22.9 Å². The molecule has 0 radical (unpaired) electrons. The number of amides is 1. The fourth-order valence-electron chi connectivity index (χ4n) is 2.90. The number of benzene rings is 2. The molecule has 0 aliphatic rings. The van der Waals surface area contributed by atoms with Crippen LogP contribution < -0.4 is 10.6 Å². The molecule has 0 saturated heterocycles. The van der Waals surface area contributed by atoms with E-state index in [0.717, 1.165) is 33.7 Å². The predicted molar refractivity (Wildman–Crippen MR) is 104 cm³/mol. The number of pyridine rings is 1. The Morgan fingerprint density at radius 3 is 2.48 bits per heavy atom. The van der Waals surface area contributed by atoms with E-state index < -0.39 is 0 Å². The lowest BCUT2D eigenvalue weighted by Gasteiger charge is -2.10. The minimum Gasteiger partial charge on any atom is -0.381 e. The molecule has 0 aliphatic carbocycles. The van der Waals surface area contributed by atoms with Crippen molar-refractivity contribution < 1.29 is 4.79 Å². The topological polar surface area (TPSA) is 84.2 Å². The zero-order valence-corrected chi connectivity index (χ0v) is 14.8. The van der Waals surface area contributed by atoms with Gasteiger partial charge in [-0.25, -0.2) is 0 Å². The molecule has 0 unspecified atom stereocenters. The van der Waals surface area contributed by atoms with E-state index in [2.05, 4.69) is 44.4 Å². The maximum atomic E-state index is 11.1. The van der Waals surface area contributed by atoms with Crippen molar-refractivity contribution in [1.29, 1.82) is 0 Å². The van der Waals surface area contributed by atoms with E-state index in [-0.39, 0.29) is 5.91 Å². The molecule has 2 heterocycles. The summed E-state index contributed by atoms with van der Waals surface area (Å²) in [6.45, 7) is 2.06. The summed E-state index contributed by atoms with van der Waals surface area (Å²) in [6.07, 6.45) is 1.93. The molecule has 0 bridgehead atoms. The number of aromatic nitrogens is 4.